The van der Waals surface area contributed by atoms with E-state index in [9.17, 15) is 13.2 Å². The number of hydrogen-bond acceptors (Lipinski definition) is 5. The highest BCUT2D eigenvalue weighted by atomic mass is 35.5. The summed E-state index contributed by atoms with van der Waals surface area (Å²) in [6.07, 6.45) is 3.96. The third-order valence-electron chi connectivity index (χ3n) is 6.55. The van der Waals surface area contributed by atoms with Crippen LogP contribution in [0.3, 0.4) is 0 Å². The normalized spacial score (nSPS) is 18.9. The highest BCUT2D eigenvalue weighted by molar-refractivity contribution is 7.93. The molecule has 1 aliphatic carbocycles. The zero-order valence-electron chi connectivity index (χ0n) is 18.0. The smallest absolute Gasteiger partial charge is 0.244 e. The van der Waals surface area contributed by atoms with Gasteiger partial charge in [-0.3, -0.25) is 4.79 Å². The molecule has 1 saturated carbocycles. The van der Waals surface area contributed by atoms with Crippen molar-refractivity contribution in [3.05, 3.63) is 52.7 Å². The van der Waals surface area contributed by atoms with Gasteiger partial charge in [-0.2, -0.15) is 0 Å². The lowest BCUT2D eigenvalue weighted by Crippen LogP contribution is -2.57. The molecule has 0 bridgehead atoms. The molecule has 2 fully saturated rings. The topological polar surface area (TPSA) is 70.6 Å². The lowest BCUT2D eigenvalue weighted by atomic mass is 10.0. The molecule has 1 amide bonds. The van der Waals surface area contributed by atoms with E-state index in [1.54, 1.807) is 36.2 Å². The third-order valence-corrected chi connectivity index (χ3v) is 9.48. The highest BCUT2D eigenvalue weighted by Gasteiger charge is 2.55. The van der Waals surface area contributed by atoms with Gasteiger partial charge in [0, 0.05) is 32.4 Å². The Morgan fingerprint density at radius 3 is 2.39 bits per heavy atom. The van der Waals surface area contributed by atoms with Crippen LogP contribution in [-0.4, -0.2) is 55.1 Å². The molecule has 0 N–H and O–H groups in total. The number of carbonyl (C=O) groups is 1. The molecule has 2 aliphatic rings. The first-order valence-corrected chi connectivity index (χ1v) is 12.6. The predicted octanol–water partition coefficient (Wildman–Crippen LogP) is 3.79. The second-order valence-electron chi connectivity index (χ2n) is 8.56. The van der Waals surface area contributed by atoms with Gasteiger partial charge in [0.25, 0.3) is 0 Å². The maximum absolute atomic E-state index is 13.9. The minimum atomic E-state index is -3.81. The molecule has 1 saturated heterocycles. The number of anilines is 1. The first-order valence-electron chi connectivity index (χ1n) is 10.7. The van der Waals surface area contributed by atoms with Crippen LogP contribution in [0.2, 0.25) is 5.02 Å². The fraction of sp³-hybridized carbons (Fsp3) is 0.478. The Kier molecular flexibility index (Phi) is 6.01. The van der Waals surface area contributed by atoms with Crippen LogP contribution in [0.15, 0.2) is 41.4 Å². The monoisotopic (exact) mass is 461 g/mol. The Bertz CT molecular complexity index is 1090. The largest absolute Gasteiger partial charge is 0.352 e. The van der Waals surface area contributed by atoms with Crippen LogP contribution >= 0.6 is 11.6 Å². The van der Waals surface area contributed by atoms with Gasteiger partial charge in [-0.05, 0) is 56.0 Å². The van der Waals surface area contributed by atoms with Gasteiger partial charge in [0.15, 0.2) is 14.6 Å². The van der Waals surface area contributed by atoms with Crippen molar-refractivity contribution >= 4 is 33.2 Å². The van der Waals surface area contributed by atoms with Crippen molar-refractivity contribution < 1.29 is 13.2 Å². The van der Waals surface area contributed by atoms with Crippen molar-refractivity contribution in [3.8, 4) is 0 Å². The molecule has 6 nitrogen and oxygen atoms in total. The number of pyridine rings is 1. The summed E-state index contributed by atoms with van der Waals surface area (Å²) in [4.78, 5) is 22.2. The molecule has 1 aromatic heterocycles. The molecule has 1 aromatic carbocycles. The van der Waals surface area contributed by atoms with E-state index in [2.05, 4.69) is 4.98 Å². The van der Waals surface area contributed by atoms with Crippen molar-refractivity contribution in [3.63, 3.8) is 0 Å². The van der Waals surface area contributed by atoms with Gasteiger partial charge >= 0.3 is 0 Å². The summed E-state index contributed by atoms with van der Waals surface area (Å²) in [6, 6.07) is 9.02. The van der Waals surface area contributed by atoms with E-state index in [4.69, 9.17) is 11.6 Å². The molecule has 0 unspecified atom stereocenters. The van der Waals surface area contributed by atoms with Gasteiger partial charge in [-0.1, -0.05) is 36.6 Å². The first-order chi connectivity index (χ1) is 14.8. The number of carbonyl (C=O) groups excluding carboxylic acids is 1. The molecular formula is C23H28ClN3O3S. The molecule has 0 spiro atoms. The van der Waals surface area contributed by atoms with Crippen LogP contribution < -0.4 is 4.90 Å². The van der Waals surface area contributed by atoms with Gasteiger partial charge in [0.1, 0.15) is 5.82 Å². The lowest BCUT2D eigenvalue weighted by Gasteiger charge is -2.40. The summed E-state index contributed by atoms with van der Waals surface area (Å²) in [5, 5.41) is 0.576. The number of hydrogen-bond donors (Lipinski definition) is 0. The number of halogens is 1. The van der Waals surface area contributed by atoms with Crippen LogP contribution in [0.1, 0.15) is 36.8 Å². The van der Waals surface area contributed by atoms with E-state index >= 15 is 0 Å². The Morgan fingerprint density at radius 1 is 1.06 bits per heavy atom. The molecule has 31 heavy (non-hydrogen) atoms. The highest BCUT2D eigenvalue weighted by Crippen LogP contribution is 2.43. The van der Waals surface area contributed by atoms with Crippen LogP contribution in [-0.2, 0) is 14.6 Å². The zero-order chi connectivity index (χ0) is 22.2. The van der Waals surface area contributed by atoms with E-state index in [-0.39, 0.29) is 5.91 Å². The second kappa shape index (κ2) is 8.43. The number of aryl methyl sites for hydroxylation is 2. The maximum atomic E-state index is 13.9. The third kappa shape index (κ3) is 3.82. The molecule has 166 valence electrons. The number of aromatic nitrogens is 1. The van der Waals surface area contributed by atoms with E-state index in [0.29, 0.717) is 60.3 Å². The lowest BCUT2D eigenvalue weighted by molar-refractivity contribution is -0.134. The van der Waals surface area contributed by atoms with Gasteiger partial charge in [-0.25, -0.2) is 13.4 Å². The van der Waals surface area contributed by atoms with E-state index in [1.807, 2.05) is 24.0 Å². The second-order valence-corrected chi connectivity index (χ2v) is 11.2. The standard InChI is InChI=1S/C23H28ClN3O3S/c1-17-7-8-18(2)20(16-17)31(29,30)23(9-3-4-10-23)22(28)27-14-12-26(13-15-27)21-19(24)6-5-11-25-21/h5-8,11,16H,3-4,9-10,12-15H2,1-2H3. The van der Waals surface area contributed by atoms with Gasteiger partial charge < -0.3 is 9.80 Å². The summed E-state index contributed by atoms with van der Waals surface area (Å²) in [5.74, 6) is 0.451. The van der Waals surface area contributed by atoms with Crippen molar-refractivity contribution in [2.45, 2.75) is 49.2 Å². The average Bonchev–Trinajstić information content (AvgIpc) is 3.27. The Labute approximate surface area is 189 Å². The maximum Gasteiger partial charge on any atom is 0.244 e. The van der Waals surface area contributed by atoms with Gasteiger partial charge in [-0.15, -0.1) is 0 Å². The Balaban J connectivity index is 1.60. The molecule has 2 heterocycles. The van der Waals surface area contributed by atoms with Crippen LogP contribution in [0, 0.1) is 13.8 Å². The van der Waals surface area contributed by atoms with Crippen molar-refractivity contribution in [1.82, 2.24) is 9.88 Å². The van der Waals surface area contributed by atoms with E-state index < -0.39 is 14.6 Å². The molecule has 0 atom stereocenters. The molecule has 8 heteroatoms. The quantitative estimate of drug-likeness (QED) is 0.692. The molecule has 0 radical (unpaired) electrons. The first kappa shape index (κ1) is 22.1. The number of benzene rings is 1. The van der Waals surface area contributed by atoms with Crippen molar-refractivity contribution in [2.24, 2.45) is 0 Å². The number of amides is 1. The van der Waals surface area contributed by atoms with E-state index in [1.165, 1.54) is 0 Å². The number of nitrogens with zero attached hydrogens (tertiary/aromatic N) is 3. The van der Waals surface area contributed by atoms with Crippen LogP contribution in [0.25, 0.3) is 0 Å². The van der Waals surface area contributed by atoms with Crippen LogP contribution in [0.4, 0.5) is 5.82 Å². The summed E-state index contributed by atoms with van der Waals surface area (Å²) in [6.45, 7) is 5.73. The van der Waals surface area contributed by atoms with Gasteiger partial charge in [0.2, 0.25) is 5.91 Å². The number of sulfone groups is 1. The minimum absolute atomic E-state index is 0.252. The number of piperazine rings is 1. The van der Waals surface area contributed by atoms with Crippen molar-refractivity contribution in [2.75, 3.05) is 31.1 Å². The van der Waals surface area contributed by atoms with E-state index in [0.717, 1.165) is 18.4 Å². The fourth-order valence-corrected chi connectivity index (χ4v) is 7.45. The average molecular weight is 462 g/mol. The Morgan fingerprint density at radius 2 is 1.74 bits per heavy atom. The minimum Gasteiger partial charge on any atom is -0.352 e. The summed E-state index contributed by atoms with van der Waals surface area (Å²) in [7, 11) is -3.81. The summed E-state index contributed by atoms with van der Waals surface area (Å²) in [5.41, 5.74) is 1.57. The zero-order valence-corrected chi connectivity index (χ0v) is 19.5. The van der Waals surface area contributed by atoms with Gasteiger partial charge in [0.05, 0.1) is 9.92 Å². The Hall–Kier alpha value is -2.12. The summed E-state index contributed by atoms with van der Waals surface area (Å²) < 4.78 is 26.4. The SMILES string of the molecule is Cc1ccc(C)c(S(=O)(=O)C2(C(=O)N3CCN(c4ncccc4Cl)CC3)CCCC2)c1. The molecule has 1 aliphatic heterocycles. The fourth-order valence-electron chi connectivity index (χ4n) is 4.77. The summed E-state index contributed by atoms with van der Waals surface area (Å²) >= 11 is 6.27. The molecule has 2 aromatic rings. The number of rotatable bonds is 4. The van der Waals surface area contributed by atoms with Crippen LogP contribution in [0.5, 0.6) is 0 Å². The molecule has 4 rings (SSSR count). The molecular weight excluding hydrogens is 434 g/mol. The predicted molar refractivity (Wildman–Crippen MR) is 122 cm³/mol. The van der Waals surface area contributed by atoms with Crippen molar-refractivity contribution in [1.29, 1.82) is 0 Å².